The molecular formula is C14H9F3N2OS. The van der Waals surface area contributed by atoms with Crippen molar-refractivity contribution in [1.29, 1.82) is 0 Å². The van der Waals surface area contributed by atoms with E-state index in [1.165, 1.54) is 11.7 Å². The molecule has 21 heavy (non-hydrogen) atoms. The molecule has 0 aliphatic rings. The van der Waals surface area contributed by atoms with Gasteiger partial charge in [0.05, 0.1) is 18.3 Å². The van der Waals surface area contributed by atoms with Crippen molar-refractivity contribution in [3.8, 4) is 11.4 Å². The van der Waals surface area contributed by atoms with E-state index in [1.54, 1.807) is 18.2 Å². The standard InChI is InChI=1S/C14H9F3N2OS/c1-20-12-4-2-3-10-13(12)18-14(21)19(10)11-6-8(16)7(15)5-9(11)17/h2-6H,1H3,(H,18,21). The van der Waals surface area contributed by atoms with Crippen LogP contribution in [0.2, 0.25) is 0 Å². The van der Waals surface area contributed by atoms with Crippen molar-refractivity contribution in [2.24, 2.45) is 0 Å². The molecule has 0 unspecified atom stereocenters. The number of para-hydroxylation sites is 1. The number of aromatic nitrogens is 2. The molecule has 3 aromatic rings. The van der Waals surface area contributed by atoms with Gasteiger partial charge in [0.1, 0.15) is 17.1 Å². The minimum atomic E-state index is -1.25. The number of ether oxygens (including phenoxy) is 1. The van der Waals surface area contributed by atoms with Gasteiger partial charge in [-0.15, -0.1) is 0 Å². The van der Waals surface area contributed by atoms with Crippen molar-refractivity contribution in [2.75, 3.05) is 7.11 Å². The van der Waals surface area contributed by atoms with Gasteiger partial charge in [0, 0.05) is 12.1 Å². The van der Waals surface area contributed by atoms with Gasteiger partial charge in [-0.3, -0.25) is 4.57 Å². The fraction of sp³-hybridized carbons (Fsp3) is 0.0714. The van der Waals surface area contributed by atoms with E-state index in [2.05, 4.69) is 4.98 Å². The fourth-order valence-corrected chi connectivity index (χ4v) is 2.50. The van der Waals surface area contributed by atoms with Crippen LogP contribution >= 0.6 is 12.2 Å². The van der Waals surface area contributed by atoms with Crippen LogP contribution in [0.15, 0.2) is 30.3 Å². The molecule has 108 valence electrons. The first-order valence-corrected chi connectivity index (χ1v) is 6.36. The van der Waals surface area contributed by atoms with E-state index in [9.17, 15) is 13.2 Å². The average molecular weight is 310 g/mol. The molecule has 0 bridgehead atoms. The molecule has 1 heterocycles. The molecule has 1 aromatic heterocycles. The Balaban J connectivity index is 2.39. The first kappa shape index (κ1) is 13.7. The van der Waals surface area contributed by atoms with E-state index in [1.807, 2.05) is 0 Å². The molecule has 0 saturated carbocycles. The number of imidazole rings is 1. The summed E-state index contributed by atoms with van der Waals surface area (Å²) in [5, 5.41) is 0. The van der Waals surface area contributed by atoms with Gasteiger partial charge < -0.3 is 9.72 Å². The summed E-state index contributed by atoms with van der Waals surface area (Å²) < 4.78 is 47.1. The number of methoxy groups -OCH3 is 1. The van der Waals surface area contributed by atoms with E-state index >= 15 is 0 Å². The monoisotopic (exact) mass is 310 g/mol. The van der Waals surface area contributed by atoms with Gasteiger partial charge in [-0.1, -0.05) is 6.07 Å². The number of hydrogen-bond donors (Lipinski definition) is 1. The topological polar surface area (TPSA) is 29.9 Å². The maximum atomic E-state index is 14.0. The van der Waals surface area contributed by atoms with Gasteiger partial charge in [0.25, 0.3) is 0 Å². The summed E-state index contributed by atoms with van der Waals surface area (Å²) >= 11 is 5.15. The second-order valence-corrected chi connectivity index (χ2v) is 4.72. The number of hydrogen-bond acceptors (Lipinski definition) is 2. The summed E-state index contributed by atoms with van der Waals surface area (Å²) in [7, 11) is 1.49. The second-order valence-electron chi connectivity index (χ2n) is 4.34. The molecule has 2 aromatic carbocycles. The van der Waals surface area contributed by atoms with Crippen LogP contribution in [-0.4, -0.2) is 16.7 Å². The Morgan fingerprint density at radius 3 is 2.52 bits per heavy atom. The van der Waals surface area contributed by atoms with Crippen molar-refractivity contribution in [1.82, 2.24) is 9.55 Å². The molecule has 3 rings (SSSR count). The number of nitrogens with zero attached hydrogens (tertiary/aromatic N) is 1. The molecule has 0 radical (unpaired) electrons. The van der Waals surface area contributed by atoms with Crippen molar-refractivity contribution >= 4 is 23.3 Å². The maximum Gasteiger partial charge on any atom is 0.182 e. The van der Waals surface area contributed by atoms with Crippen molar-refractivity contribution in [2.45, 2.75) is 0 Å². The lowest BCUT2D eigenvalue weighted by Crippen LogP contribution is -2.00. The molecule has 0 amide bonds. The van der Waals surface area contributed by atoms with Crippen LogP contribution in [-0.2, 0) is 0 Å². The quantitative estimate of drug-likeness (QED) is 0.570. The van der Waals surface area contributed by atoms with Crippen LogP contribution in [0.5, 0.6) is 5.75 Å². The van der Waals surface area contributed by atoms with Crippen LogP contribution in [0.25, 0.3) is 16.7 Å². The smallest absolute Gasteiger partial charge is 0.182 e. The zero-order valence-electron chi connectivity index (χ0n) is 10.8. The summed E-state index contributed by atoms with van der Waals surface area (Å²) in [6, 6.07) is 6.33. The maximum absolute atomic E-state index is 14.0. The van der Waals surface area contributed by atoms with Gasteiger partial charge >= 0.3 is 0 Å². The zero-order chi connectivity index (χ0) is 15.1. The number of aromatic amines is 1. The number of halogens is 3. The lowest BCUT2D eigenvalue weighted by atomic mass is 10.2. The molecule has 0 spiro atoms. The highest BCUT2D eigenvalue weighted by atomic mass is 32.1. The van der Waals surface area contributed by atoms with Crippen molar-refractivity contribution < 1.29 is 17.9 Å². The third-order valence-corrected chi connectivity index (χ3v) is 3.42. The van der Waals surface area contributed by atoms with Crippen LogP contribution in [0.3, 0.4) is 0 Å². The number of fused-ring (bicyclic) bond motifs is 1. The highest BCUT2D eigenvalue weighted by Crippen LogP contribution is 2.28. The van der Waals surface area contributed by atoms with E-state index in [4.69, 9.17) is 17.0 Å². The van der Waals surface area contributed by atoms with Crippen LogP contribution in [0, 0.1) is 22.2 Å². The molecular weight excluding hydrogens is 301 g/mol. The third-order valence-electron chi connectivity index (χ3n) is 3.13. The summed E-state index contributed by atoms with van der Waals surface area (Å²) in [4.78, 5) is 2.88. The van der Waals surface area contributed by atoms with Gasteiger partial charge in [-0.05, 0) is 24.4 Å². The predicted octanol–water partition coefficient (Wildman–Crippen LogP) is 4.11. The Labute approximate surface area is 122 Å². The lowest BCUT2D eigenvalue weighted by molar-refractivity contribution is 0.419. The van der Waals surface area contributed by atoms with E-state index in [0.717, 1.165) is 6.07 Å². The average Bonchev–Trinajstić information content (AvgIpc) is 2.79. The first-order valence-electron chi connectivity index (χ1n) is 5.95. The first-order chi connectivity index (χ1) is 10.0. The molecule has 7 heteroatoms. The highest BCUT2D eigenvalue weighted by Gasteiger charge is 2.16. The Morgan fingerprint density at radius 2 is 1.81 bits per heavy atom. The van der Waals surface area contributed by atoms with E-state index in [0.29, 0.717) is 22.8 Å². The van der Waals surface area contributed by atoms with E-state index in [-0.39, 0.29) is 10.5 Å². The summed E-state index contributed by atoms with van der Waals surface area (Å²) in [5.41, 5.74) is 0.886. The van der Waals surface area contributed by atoms with Crippen LogP contribution < -0.4 is 4.74 Å². The lowest BCUT2D eigenvalue weighted by Gasteiger charge is -2.07. The third kappa shape index (κ3) is 2.09. The zero-order valence-corrected chi connectivity index (χ0v) is 11.6. The fourth-order valence-electron chi connectivity index (χ4n) is 2.20. The molecule has 0 saturated heterocycles. The number of benzene rings is 2. The van der Waals surface area contributed by atoms with Crippen molar-refractivity contribution in [3.05, 3.63) is 52.6 Å². The minimum Gasteiger partial charge on any atom is -0.494 e. The summed E-state index contributed by atoms with van der Waals surface area (Å²) in [5.74, 6) is -2.79. The summed E-state index contributed by atoms with van der Waals surface area (Å²) in [6.07, 6.45) is 0. The van der Waals surface area contributed by atoms with Crippen molar-refractivity contribution in [3.63, 3.8) is 0 Å². The van der Waals surface area contributed by atoms with E-state index < -0.39 is 17.5 Å². The Hall–Kier alpha value is -2.28. The number of nitrogens with one attached hydrogen (secondary N) is 1. The molecule has 0 atom stereocenters. The molecule has 0 aliphatic carbocycles. The number of rotatable bonds is 2. The van der Waals surface area contributed by atoms with Crippen LogP contribution in [0.1, 0.15) is 0 Å². The SMILES string of the molecule is COc1cccc2c1[nH]c(=S)n2-c1cc(F)c(F)cc1F. The number of H-pyrrole nitrogens is 1. The Morgan fingerprint density at radius 1 is 1.10 bits per heavy atom. The second kappa shape index (κ2) is 4.92. The largest absolute Gasteiger partial charge is 0.494 e. The Kier molecular flexibility index (Phi) is 3.21. The van der Waals surface area contributed by atoms with Gasteiger partial charge in [-0.25, -0.2) is 13.2 Å². The molecule has 0 fully saturated rings. The van der Waals surface area contributed by atoms with Crippen LogP contribution in [0.4, 0.5) is 13.2 Å². The Bertz CT molecular complexity index is 901. The van der Waals surface area contributed by atoms with Gasteiger partial charge in [0.2, 0.25) is 0 Å². The molecule has 1 N–H and O–H groups in total. The predicted molar refractivity (Wildman–Crippen MR) is 74.9 cm³/mol. The highest BCUT2D eigenvalue weighted by molar-refractivity contribution is 7.71. The summed E-state index contributed by atoms with van der Waals surface area (Å²) in [6.45, 7) is 0. The van der Waals surface area contributed by atoms with Gasteiger partial charge in [0.15, 0.2) is 16.4 Å². The normalized spacial score (nSPS) is 11.0. The van der Waals surface area contributed by atoms with Gasteiger partial charge in [-0.2, -0.15) is 0 Å². The minimum absolute atomic E-state index is 0.152. The molecule has 3 nitrogen and oxygen atoms in total. The molecule has 0 aliphatic heterocycles.